The number of fused-ring (bicyclic) bond motifs is 4. The number of H-pyrrole nitrogens is 1. The van der Waals surface area contributed by atoms with Crippen molar-refractivity contribution in [2.45, 2.75) is 90.6 Å². The smallest absolute Gasteiger partial charge is 0.332 e. The molecule has 0 amide bonds. The van der Waals surface area contributed by atoms with Crippen LogP contribution < -0.4 is 11.2 Å². The Morgan fingerprint density at radius 3 is 2.25 bits per heavy atom. The molecule has 0 radical (unpaired) electrons. The maximum Gasteiger partial charge on any atom is 0.332 e. The third-order valence-electron chi connectivity index (χ3n) is 7.42. The summed E-state index contributed by atoms with van der Waals surface area (Å²) in [5, 5.41) is 0. The summed E-state index contributed by atoms with van der Waals surface area (Å²) in [5.41, 5.74) is 0.334. The number of ether oxygens (including phenoxy) is 1. The van der Waals surface area contributed by atoms with Crippen molar-refractivity contribution in [3.63, 3.8) is 0 Å². The summed E-state index contributed by atoms with van der Waals surface area (Å²) in [4.78, 5) is 46.0. The van der Waals surface area contributed by atoms with Gasteiger partial charge in [-0.3, -0.25) is 13.9 Å². The van der Waals surface area contributed by atoms with Crippen LogP contribution in [-0.4, -0.2) is 31.7 Å². The van der Waals surface area contributed by atoms with Gasteiger partial charge in [-0.25, -0.2) is 14.6 Å². The number of allylic oxidation sites excluding steroid dienone is 1. The number of hydrogen-bond acceptors (Lipinski definition) is 5. The number of rotatable bonds is 8. The monoisotopic (exact) mass is 442 g/mol. The SMILES string of the molecule is CCCn1c(=O)c2[nH]c(C34CCC(C=CC(=O)OCC)(CC3)CC4)nc2n(CCC)c1=O. The number of nitrogens with zero attached hydrogens (tertiary/aromatic N) is 3. The maximum absolute atomic E-state index is 13.1. The molecule has 174 valence electrons. The minimum atomic E-state index is -0.279. The zero-order valence-corrected chi connectivity index (χ0v) is 19.4. The van der Waals surface area contributed by atoms with Crippen LogP contribution >= 0.6 is 0 Å². The van der Waals surface area contributed by atoms with E-state index in [1.165, 1.54) is 4.57 Å². The van der Waals surface area contributed by atoms with Gasteiger partial charge in [0.05, 0.1) is 6.61 Å². The van der Waals surface area contributed by atoms with Gasteiger partial charge in [-0.1, -0.05) is 19.9 Å². The van der Waals surface area contributed by atoms with Crippen LogP contribution in [0.5, 0.6) is 0 Å². The van der Waals surface area contributed by atoms with Crippen molar-refractivity contribution >= 4 is 17.1 Å². The van der Waals surface area contributed by atoms with Gasteiger partial charge in [0.25, 0.3) is 5.56 Å². The largest absolute Gasteiger partial charge is 0.463 e. The highest BCUT2D eigenvalue weighted by molar-refractivity contribution is 5.82. The fraction of sp³-hybridized carbons (Fsp3) is 0.667. The predicted molar refractivity (Wildman–Crippen MR) is 123 cm³/mol. The highest BCUT2D eigenvalue weighted by Gasteiger charge is 2.50. The van der Waals surface area contributed by atoms with Gasteiger partial charge in [-0.05, 0) is 63.7 Å². The van der Waals surface area contributed by atoms with Crippen molar-refractivity contribution in [1.82, 2.24) is 19.1 Å². The number of imidazole rings is 1. The molecule has 32 heavy (non-hydrogen) atoms. The lowest BCUT2D eigenvalue weighted by Gasteiger charge is -2.51. The molecule has 3 saturated carbocycles. The van der Waals surface area contributed by atoms with Gasteiger partial charge in [0.1, 0.15) is 11.3 Å². The number of nitrogens with one attached hydrogen (secondary N) is 1. The number of aromatic amines is 1. The Morgan fingerprint density at radius 1 is 1.03 bits per heavy atom. The van der Waals surface area contributed by atoms with Gasteiger partial charge < -0.3 is 9.72 Å². The number of hydrogen-bond donors (Lipinski definition) is 1. The summed E-state index contributed by atoms with van der Waals surface area (Å²) >= 11 is 0. The highest BCUT2D eigenvalue weighted by atomic mass is 16.5. The van der Waals surface area contributed by atoms with E-state index in [0.717, 1.165) is 57.2 Å². The van der Waals surface area contributed by atoms with E-state index in [9.17, 15) is 14.4 Å². The van der Waals surface area contributed by atoms with Gasteiger partial charge in [0, 0.05) is 24.6 Å². The molecule has 3 aliphatic rings. The minimum Gasteiger partial charge on any atom is -0.463 e. The molecule has 0 aromatic carbocycles. The van der Waals surface area contributed by atoms with E-state index >= 15 is 0 Å². The molecule has 2 aromatic heterocycles. The molecule has 8 nitrogen and oxygen atoms in total. The van der Waals surface area contributed by atoms with Crippen LogP contribution in [0.25, 0.3) is 11.2 Å². The Hall–Kier alpha value is -2.64. The summed E-state index contributed by atoms with van der Waals surface area (Å²) in [5.74, 6) is 0.560. The molecule has 0 saturated heterocycles. The molecule has 2 aromatic rings. The molecule has 0 spiro atoms. The lowest BCUT2D eigenvalue weighted by atomic mass is 9.53. The number of aromatic nitrogens is 4. The zero-order chi connectivity index (χ0) is 22.9. The summed E-state index contributed by atoms with van der Waals surface area (Å²) in [6.07, 6.45) is 10.9. The van der Waals surface area contributed by atoms with Crippen LogP contribution in [0.4, 0.5) is 0 Å². The maximum atomic E-state index is 13.1. The van der Waals surface area contributed by atoms with Crippen molar-refractivity contribution in [1.29, 1.82) is 0 Å². The van der Waals surface area contributed by atoms with Crippen molar-refractivity contribution in [3.05, 3.63) is 38.8 Å². The Bertz CT molecular complexity index is 1130. The van der Waals surface area contributed by atoms with Gasteiger partial charge >= 0.3 is 11.7 Å². The van der Waals surface area contributed by atoms with E-state index < -0.39 is 0 Å². The lowest BCUT2D eigenvalue weighted by Crippen LogP contribution is -2.44. The summed E-state index contributed by atoms with van der Waals surface area (Å²) < 4.78 is 8.03. The highest BCUT2D eigenvalue weighted by Crippen LogP contribution is 2.57. The van der Waals surface area contributed by atoms with Gasteiger partial charge in [-0.15, -0.1) is 0 Å². The molecule has 3 aliphatic carbocycles. The Balaban J connectivity index is 1.68. The lowest BCUT2D eigenvalue weighted by molar-refractivity contribution is -0.137. The standard InChI is InChI=1S/C24H34N4O4/c1-4-15-27-19-18(20(30)28(16-5-2)22(27)31)25-21(26-19)24-12-9-23(10-13-24,11-14-24)8-7-17(29)32-6-3/h7-8H,4-6,9-16H2,1-3H3,(H,25,26). The fourth-order valence-electron chi connectivity index (χ4n) is 5.52. The van der Waals surface area contributed by atoms with Gasteiger partial charge in [-0.2, -0.15) is 0 Å². The first-order valence-corrected chi connectivity index (χ1v) is 12.0. The van der Waals surface area contributed by atoms with Crippen molar-refractivity contribution in [3.8, 4) is 0 Å². The van der Waals surface area contributed by atoms with Crippen molar-refractivity contribution in [2.24, 2.45) is 5.41 Å². The Kier molecular flexibility index (Phi) is 6.14. The fourth-order valence-corrected chi connectivity index (χ4v) is 5.52. The molecule has 2 bridgehead atoms. The van der Waals surface area contributed by atoms with Crippen LogP contribution in [0.2, 0.25) is 0 Å². The Morgan fingerprint density at radius 2 is 1.66 bits per heavy atom. The second kappa shape index (κ2) is 8.71. The van der Waals surface area contributed by atoms with E-state index in [-0.39, 0.29) is 28.0 Å². The first-order chi connectivity index (χ1) is 15.4. The summed E-state index contributed by atoms with van der Waals surface area (Å²) in [6.45, 7) is 7.12. The quantitative estimate of drug-likeness (QED) is 0.499. The third-order valence-corrected chi connectivity index (χ3v) is 7.42. The normalized spacial score (nSPS) is 25.1. The average Bonchev–Trinajstić information content (AvgIpc) is 3.26. The van der Waals surface area contributed by atoms with Crippen LogP contribution in [0, 0.1) is 5.41 Å². The van der Waals surface area contributed by atoms with Crippen molar-refractivity contribution in [2.75, 3.05) is 6.61 Å². The van der Waals surface area contributed by atoms with Crippen LogP contribution in [-0.2, 0) is 28.0 Å². The Labute approximate surface area is 187 Å². The summed E-state index contributed by atoms with van der Waals surface area (Å²) in [6, 6.07) is 0. The first kappa shape index (κ1) is 22.6. The predicted octanol–water partition coefficient (Wildman–Crippen LogP) is 3.42. The topological polar surface area (TPSA) is 99.0 Å². The number of carbonyl (C=O) groups is 1. The van der Waals surface area contributed by atoms with E-state index in [1.807, 2.05) is 20.8 Å². The van der Waals surface area contributed by atoms with Gasteiger partial charge in [0.15, 0.2) is 5.65 Å². The van der Waals surface area contributed by atoms with Gasteiger partial charge in [0.2, 0.25) is 0 Å². The zero-order valence-electron chi connectivity index (χ0n) is 19.4. The number of aryl methyl sites for hydroxylation is 1. The van der Waals surface area contributed by atoms with E-state index in [0.29, 0.717) is 30.9 Å². The molecule has 1 N–H and O–H groups in total. The molecule has 0 aliphatic heterocycles. The number of esters is 1. The first-order valence-electron chi connectivity index (χ1n) is 12.0. The van der Waals surface area contributed by atoms with Crippen molar-refractivity contribution < 1.29 is 9.53 Å². The molecular weight excluding hydrogens is 408 g/mol. The molecule has 5 rings (SSSR count). The molecule has 0 unspecified atom stereocenters. The molecular formula is C24H34N4O4. The second-order valence-corrected chi connectivity index (χ2v) is 9.40. The third kappa shape index (κ3) is 3.73. The average molecular weight is 443 g/mol. The van der Waals surface area contributed by atoms with E-state index in [2.05, 4.69) is 11.1 Å². The molecule has 0 atom stereocenters. The number of carbonyl (C=O) groups excluding carboxylic acids is 1. The minimum absolute atomic E-state index is 0.0404. The van der Waals surface area contributed by atoms with E-state index in [4.69, 9.17) is 9.72 Å². The molecule has 3 fully saturated rings. The van der Waals surface area contributed by atoms with E-state index in [1.54, 1.807) is 10.6 Å². The summed E-state index contributed by atoms with van der Waals surface area (Å²) in [7, 11) is 0. The molecule has 8 heteroatoms. The van der Waals surface area contributed by atoms with Crippen LogP contribution in [0.1, 0.15) is 78.0 Å². The molecule has 2 heterocycles. The second-order valence-electron chi connectivity index (χ2n) is 9.40. The van der Waals surface area contributed by atoms with Crippen LogP contribution in [0.3, 0.4) is 0 Å². The van der Waals surface area contributed by atoms with Crippen LogP contribution in [0.15, 0.2) is 21.7 Å².